The second kappa shape index (κ2) is 4.03. The van der Waals surface area contributed by atoms with Gasteiger partial charge in [-0.15, -0.1) is 0 Å². The summed E-state index contributed by atoms with van der Waals surface area (Å²) in [5.74, 6) is 0. The minimum atomic E-state index is 0. The van der Waals surface area contributed by atoms with E-state index in [0.29, 0.717) is 0 Å². The molecule has 0 heterocycles. The molecule has 0 bridgehead atoms. The SMILES string of the molecule is [Br-].[Zn+][CH]1CCCC1. The average Bonchev–Trinajstić information content (AvgIpc) is 1.86. The van der Waals surface area contributed by atoms with Crippen molar-refractivity contribution >= 4 is 0 Å². The molecule has 0 unspecified atom stereocenters. The molecule has 38 valence electrons. The normalized spacial score (nSPS) is 22.0. The van der Waals surface area contributed by atoms with E-state index in [9.17, 15) is 0 Å². The van der Waals surface area contributed by atoms with E-state index in [4.69, 9.17) is 0 Å². The van der Waals surface area contributed by atoms with Crippen molar-refractivity contribution in [3.8, 4) is 0 Å². The van der Waals surface area contributed by atoms with Crippen molar-refractivity contribution in [3.05, 3.63) is 0 Å². The first kappa shape index (κ1) is 8.10. The zero-order chi connectivity index (χ0) is 4.41. The minimum absolute atomic E-state index is 0. The van der Waals surface area contributed by atoms with Gasteiger partial charge in [-0.1, -0.05) is 0 Å². The Hall–Kier alpha value is 1.10. The van der Waals surface area contributed by atoms with Crippen LogP contribution in [0.4, 0.5) is 0 Å². The van der Waals surface area contributed by atoms with Crippen LogP contribution in [-0.4, -0.2) is 0 Å². The van der Waals surface area contributed by atoms with Gasteiger partial charge in [0.2, 0.25) is 0 Å². The third-order valence-electron chi connectivity index (χ3n) is 1.47. The molecular formula is C5H9BrZn. The first-order valence-corrected chi connectivity index (χ1v) is 4.44. The maximum atomic E-state index is 1.54. The summed E-state index contributed by atoms with van der Waals surface area (Å²) in [7, 11) is 0. The van der Waals surface area contributed by atoms with Gasteiger partial charge in [-0.25, -0.2) is 0 Å². The predicted octanol–water partition coefficient (Wildman–Crippen LogP) is -1.10. The average molecular weight is 214 g/mol. The summed E-state index contributed by atoms with van der Waals surface area (Å²) in [5.41, 5.74) is 0. The van der Waals surface area contributed by atoms with Crippen molar-refractivity contribution in [2.75, 3.05) is 0 Å². The van der Waals surface area contributed by atoms with Gasteiger partial charge in [0.15, 0.2) is 0 Å². The Morgan fingerprint density at radius 3 is 1.71 bits per heavy atom. The van der Waals surface area contributed by atoms with Gasteiger partial charge in [0.1, 0.15) is 0 Å². The van der Waals surface area contributed by atoms with E-state index in [1.807, 2.05) is 0 Å². The summed E-state index contributed by atoms with van der Waals surface area (Å²) in [5, 5.41) is 0. The van der Waals surface area contributed by atoms with Crippen LogP contribution in [0.1, 0.15) is 25.7 Å². The zero-order valence-electron chi connectivity index (χ0n) is 4.49. The summed E-state index contributed by atoms with van der Waals surface area (Å²) in [4.78, 5) is 0. The number of halogens is 1. The molecule has 1 aliphatic rings. The fourth-order valence-corrected chi connectivity index (χ4v) is 2.22. The molecule has 0 atom stereocenters. The topological polar surface area (TPSA) is 0 Å². The molecular weight excluding hydrogens is 205 g/mol. The molecule has 0 aliphatic heterocycles. The van der Waals surface area contributed by atoms with Gasteiger partial charge in [0.25, 0.3) is 0 Å². The summed E-state index contributed by atoms with van der Waals surface area (Å²) < 4.78 is 1.17. The van der Waals surface area contributed by atoms with Gasteiger partial charge in [0, 0.05) is 0 Å². The van der Waals surface area contributed by atoms with Gasteiger partial charge >= 0.3 is 48.5 Å². The monoisotopic (exact) mass is 212 g/mol. The Morgan fingerprint density at radius 1 is 1.14 bits per heavy atom. The Bertz CT molecular complexity index is 41.3. The number of rotatable bonds is 0. The van der Waals surface area contributed by atoms with Crippen molar-refractivity contribution in [2.24, 2.45) is 0 Å². The Balaban J connectivity index is 0.000000360. The van der Waals surface area contributed by atoms with Gasteiger partial charge in [0.05, 0.1) is 0 Å². The molecule has 0 aromatic heterocycles. The molecule has 0 aromatic carbocycles. The van der Waals surface area contributed by atoms with E-state index in [0.717, 1.165) is 0 Å². The summed E-state index contributed by atoms with van der Waals surface area (Å²) >= 11 is 1.54. The van der Waals surface area contributed by atoms with Crippen molar-refractivity contribution in [1.82, 2.24) is 0 Å². The fraction of sp³-hybridized carbons (Fsp3) is 1.00. The molecule has 2 heteroatoms. The Kier molecular flexibility index (Phi) is 4.66. The fourth-order valence-electron chi connectivity index (χ4n) is 1.01. The van der Waals surface area contributed by atoms with E-state index in [2.05, 4.69) is 0 Å². The van der Waals surface area contributed by atoms with E-state index in [-0.39, 0.29) is 17.0 Å². The van der Waals surface area contributed by atoms with Crippen molar-refractivity contribution in [1.29, 1.82) is 0 Å². The van der Waals surface area contributed by atoms with E-state index < -0.39 is 0 Å². The third-order valence-corrected chi connectivity index (χ3v) is 3.19. The second-order valence-corrected chi connectivity index (χ2v) is 4.57. The molecule has 0 amide bonds. The van der Waals surface area contributed by atoms with Gasteiger partial charge in [-0.3, -0.25) is 0 Å². The van der Waals surface area contributed by atoms with E-state index in [1.165, 1.54) is 17.4 Å². The summed E-state index contributed by atoms with van der Waals surface area (Å²) in [6, 6.07) is 0. The zero-order valence-corrected chi connectivity index (χ0v) is 9.04. The van der Waals surface area contributed by atoms with Crippen LogP contribution in [0.5, 0.6) is 0 Å². The van der Waals surface area contributed by atoms with Crippen LogP contribution < -0.4 is 17.0 Å². The van der Waals surface area contributed by atoms with Gasteiger partial charge in [-0.05, 0) is 0 Å². The molecule has 0 radical (unpaired) electrons. The van der Waals surface area contributed by atoms with Crippen molar-refractivity contribution in [3.63, 3.8) is 0 Å². The Morgan fingerprint density at radius 2 is 1.57 bits per heavy atom. The molecule has 0 nitrogen and oxygen atoms in total. The van der Waals surface area contributed by atoms with Crippen LogP contribution in [0.2, 0.25) is 4.51 Å². The molecule has 7 heavy (non-hydrogen) atoms. The van der Waals surface area contributed by atoms with E-state index in [1.54, 1.807) is 31.1 Å². The standard InChI is InChI=1S/C5H9.BrH.Zn/c1-2-4-5-3-1;;/h1H,2-5H2;1H;/q;;+1/p-1. The molecule has 0 saturated heterocycles. The molecule has 1 fully saturated rings. The second-order valence-electron chi connectivity index (χ2n) is 2.15. The first-order chi connectivity index (χ1) is 2.89. The van der Waals surface area contributed by atoms with E-state index >= 15 is 0 Å². The number of hydrogen-bond donors (Lipinski definition) is 0. The van der Waals surface area contributed by atoms with Crippen molar-refractivity contribution < 1.29 is 35.3 Å². The van der Waals surface area contributed by atoms with Crippen LogP contribution in [0.15, 0.2) is 0 Å². The van der Waals surface area contributed by atoms with Crippen LogP contribution in [-0.2, 0) is 18.3 Å². The van der Waals surface area contributed by atoms with Crippen molar-refractivity contribution in [2.45, 2.75) is 30.2 Å². The predicted molar refractivity (Wildman–Crippen MR) is 22.2 cm³/mol. The quantitative estimate of drug-likeness (QED) is 0.449. The molecule has 0 spiro atoms. The molecule has 1 rings (SSSR count). The number of hydrogen-bond acceptors (Lipinski definition) is 0. The summed E-state index contributed by atoms with van der Waals surface area (Å²) in [6.07, 6.45) is 6.12. The van der Waals surface area contributed by atoms with Crippen LogP contribution in [0, 0.1) is 0 Å². The molecule has 0 N–H and O–H groups in total. The molecule has 1 saturated carbocycles. The van der Waals surface area contributed by atoms with Gasteiger partial charge in [-0.2, -0.15) is 0 Å². The summed E-state index contributed by atoms with van der Waals surface area (Å²) in [6.45, 7) is 0. The van der Waals surface area contributed by atoms with Crippen LogP contribution >= 0.6 is 0 Å². The van der Waals surface area contributed by atoms with Gasteiger partial charge < -0.3 is 17.0 Å². The first-order valence-electron chi connectivity index (χ1n) is 2.72. The molecule has 1 aliphatic carbocycles. The Labute approximate surface area is 65.5 Å². The maximum absolute atomic E-state index is 1.54. The third kappa shape index (κ3) is 2.82. The molecule has 0 aromatic rings. The van der Waals surface area contributed by atoms with Crippen LogP contribution in [0.25, 0.3) is 0 Å². The van der Waals surface area contributed by atoms with Crippen LogP contribution in [0.3, 0.4) is 0 Å².